The third-order valence-electron chi connectivity index (χ3n) is 6.02. The number of rotatable bonds is 9. The van der Waals surface area contributed by atoms with Gasteiger partial charge in [-0.15, -0.1) is 0 Å². The lowest BCUT2D eigenvalue weighted by atomic mass is 10.1. The molecule has 0 atom stereocenters. The number of hydrogen-bond acceptors (Lipinski definition) is 8. The average molecular weight is 591 g/mol. The van der Waals surface area contributed by atoms with E-state index >= 15 is 0 Å². The summed E-state index contributed by atoms with van der Waals surface area (Å²) in [5, 5.41) is 18.3. The summed E-state index contributed by atoms with van der Waals surface area (Å²) in [6.07, 6.45) is 4.29. The summed E-state index contributed by atoms with van der Waals surface area (Å²) >= 11 is 0. The summed E-state index contributed by atoms with van der Waals surface area (Å²) in [4.78, 5) is 75.0. The summed E-state index contributed by atoms with van der Waals surface area (Å²) in [5.41, 5.74) is -1.63. The van der Waals surface area contributed by atoms with Gasteiger partial charge in [-0.05, 0) is 55.7 Å². The van der Waals surface area contributed by atoms with E-state index in [1.54, 1.807) is 12.2 Å². The second-order valence-corrected chi connectivity index (χ2v) is 9.68. The van der Waals surface area contributed by atoms with E-state index < -0.39 is 22.8 Å². The first-order chi connectivity index (χ1) is 20.4. The molecule has 12 heteroatoms. The molecule has 2 aromatic carbocycles. The quantitative estimate of drug-likeness (QED) is 0.210. The van der Waals surface area contributed by atoms with E-state index in [9.17, 15) is 28.8 Å². The molecule has 0 fully saturated rings. The van der Waals surface area contributed by atoms with Gasteiger partial charge in [0.15, 0.2) is 22.4 Å². The first-order valence-corrected chi connectivity index (χ1v) is 13.2. The van der Waals surface area contributed by atoms with Gasteiger partial charge >= 0.3 is 11.9 Å². The van der Waals surface area contributed by atoms with E-state index in [0.717, 1.165) is 18.6 Å². The molecule has 43 heavy (non-hydrogen) atoms. The standard InChI is InChI=1S/C16H17NO5.C15H13NO5/c1-9(2)5-6-22-15-7-10-11(3-4-13(15)18)17-12(16(20)21)8-14(10)19;1-2-3-6-21-14-7-9-10(4-5-12(14)17)16-11(15(19)20)8-13(9)18/h3-4,7-9H,5-6H2,1-2H3,(H,17,19)(H,20,21);2-5,7-8H,6H2,1H3,(H,16,18)(H,19,20)/b;3-2+. The summed E-state index contributed by atoms with van der Waals surface area (Å²) in [6, 6.07) is 9.91. The van der Waals surface area contributed by atoms with Crippen molar-refractivity contribution in [2.45, 2.75) is 27.2 Å². The van der Waals surface area contributed by atoms with Gasteiger partial charge in [0.05, 0.1) is 17.6 Å². The van der Waals surface area contributed by atoms with Crippen LogP contribution >= 0.6 is 0 Å². The molecule has 4 aromatic rings. The third-order valence-corrected chi connectivity index (χ3v) is 6.02. The summed E-state index contributed by atoms with van der Waals surface area (Å²) in [5.74, 6) is -1.92. The molecule has 0 saturated carbocycles. The van der Waals surface area contributed by atoms with Crippen LogP contribution in [0.15, 0.2) is 79.9 Å². The molecule has 2 heterocycles. The maximum Gasteiger partial charge on any atom is 0.352 e. The van der Waals surface area contributed by atoms with E-state index in [0.29, 0.717) is 12.5 Å². The highest BCUT2D eigenvalue weighted by atomic mass is 16.5. The highest BCUT2D eigenvalue weighted by Gasteiger charge is 2.11. The molecule has 0 saturated heterocycles. The number of ether oxygens (including phenoxy) is 2. The number of aromatic nitrogens is 2. The van der Waals surface area contributed by atoms with Crippen molar-refractivity contribution in [1.29, 1.82) is 0 Å². The van der Waals surface area contributed by atoms with Gasteiger partial charge in [0.25, 0.3) is 0 Å². The van der Waals surface area contributed by atoms with Crippen LogP contribution in [0.5, 0.6) is 11.5 Å². The van der Waals surface area contributed by atoms with Crippen LogP contribution in [-0.2, 0) is 0 Å². The SMILES string of the molecule is C/C=C/COc1cc2c(=O)cc(C(=O)O)[nH]c2ccc1=O.CC(C)CCOc1cc2c(=O)cc(C(=O)O)[nH]c2ccc1=O. The van der Waals surface area contributed by atoms with Crippen LogP contribution in [0, 0.1) is 5.92 Å². The van der Waals surface area contributed by atoms with Crippen molar-refractivity contribution in [3.05, 3.63) is 113 Å². The minimum absolute atomic E-state index is 0.0386. The minimum Gasteiger partial charge on any atom is -0.489 e. The van der Waals surface area contributed by atoms with E-state index in [4.69, 9.17) is 19.7 Å². The van der Waals surface area contributed by atoms with Crippen molar-refractivity contribution in [3.63, 3.8) is 0 Å². The fourth-order valence-electron chi connectivity index (χ4n) is 3.72. The Balaban J connectivity index is 0.000000236. The Kier molecular flexibility index (Phi) is 10.7. The highest BCUT2D eigenvalue weighted by Crippen LogP contribution is 2.13. The number of H-pyrrole nitrogens is 2. The summed E-state index contributed by atoms with van der Waals surface area (Å²) in [6.45, 7) is 6.49. The zero-order valence-electron chi connectivity index (χ0n) is 23.6. The van der Waals surface area contributed by atoms with E-state index in [1.165, 1.54) is 36.4 Å². The van der Waals surface area contributed by atoms with Gasteiger partial charge in [0.2, 0.25) is 10.9 Å². The van der Waals surface area contributed by atoms with Crippen LogP contribution in [0.2, 0.25) is 0 Å². The van der Waals surface area contributed by atoms with Crippen LogP contribution in [0.3, 0.4) is 0 Å². The Hall–Kier alpha value is -5.52. The Morgan fingerprint density at radius 1 is 0.744 bits per heavy atom. The van der Waals surface area contributed by atoms with Gasteiger partial charge in [-0.25, -0.2) is 9.59 Å². The Morgan fingerprint density at radius 3 is 1.63 bits per heavy atom. The van der Waals surface area contributed by atoms with Crippen molar-refractivity contribution in [2.24, 2.45) is 5.92 Å². The maximum atomic E-state index is 12.0. The van der Waals surface area contributed by atoms with Crippen molar-refractivity contribution in [3.8, 4) is 11.5 Å². The van der Waals surface area contributed by atoms with Gasteiger partial charge in [-0.1, -0.05) is 26.0 Å². The van der Waals surface area contributed by atoms with Crippen LogP contribution in [-0.4, -0.2) is 45.3 Å². The largest absolute Gasteiger partial charge is 0.489 e. The monoisotopic (exact) mass is 590 g/mol. The number of nitrogens with one attached hydrogen (secondary N) is 2. The number of carboxylic acid groups (broad SMARTS) is 2. The topological polar surface area (TPSA) is 193 Å². The Labute approximate surface area is 243 Å². The molecular formula is C31H30N2O10. The van der Waals surface area contributed by atoms with Crippen LogP contribution < -0.4 is 31.2 Å². The van der Waals surface area contributed by atoms with Gasteiger partial charge in [0.1, 0.15) is 18.0 Å². The van der Waals surface area contributed by atoms with Crippen molar-refractivity contribution >= 4 is 33.7 Å². The zero-order chi connectivity index (χ0) is 31.7. The molecule has 12 nitrogen and oxygen atoms in total. The van der Waals surface area contributed by atoms with E-state index in [1.807, 2.05) is 20.8 Å². The fraction of sp³-hybridized carbons (Fsp3) is 0.226. The van der Waals surface area contributed by atoms with Crippen molar-refractivity contribution in [2.75, 3.05) is 13.2 Å². The predicted molar refractivity (Wildman–Crippen MR) is 161 cm³/mol. The maximum absolute atomic E-state index is 12.0. The molecule has 0 radical (unpaired) electrons. The van der Waals surface area contributed by atoms with Crippen molar-refractivity contribution < 1.29 is 29.3 Å². The number of fused-ring (bicyclic) bond motifs is 2. The van der Waals surface area contributed by atoms with Gasteiger partial charge in [-0.2, -0.15) is 0 Å². The van der Waals surface area contributed by atoms with Gasteiger partial charge in [-0.3, -0.25) is 19.2 Å². The number of aromatic amines is 2. The molecule has 0 aliphatic heterocycles. The predicted octanol–water partition coefficient (Wildman–Crippen LogP) is 3.55. The molecule has 224 valence electrons. The lowest BCUT2D eigenvalue weighted by molar-refractivity contribution is 0.0680. The first-order valence-electron chi connectivity index (χ1n) is 13.2. The van der Waals surface area contributed by atoms with Crippen LogP contribution in [0.1, 0.15) is 48.2 Å². The van der Waals surface area contributed by atoms with Gasteiger partial charge in [0, 0.05) is 22.9 Å². The number of pyridine rings is 2. The zero-order valence-corrected chi connectivity index (χ0v) is 23.6. The normalized spacial score (nSPS) is 10.9. The van der Waals surface area contributed by atoms with Crippen LogP contribution in [0.25, 0.3) is 21.8 Å². The van der Waals surface area contributed by atoms with Crippen LogP contribution in [0.4, 0.5) is 0 Å². The van der Waals surface area contributed by atoms with Gasteiger partial charge < -0.3 is 29.7 Å². The lowest BCUT2D eigenvalue weighted by Gasteiger charge is -2.06. The summed E-state index contributed by atoms with van der Waals surface area (Å²) < 4.78 is 10.8. The highest BCUT2D eigenvalue weighted by molar-refractivity contribution is 5.90. The molecule has 2 aromatic heterocycles. The molecular weight excluding hydrogens is 560 g/mol. The van der Waals surface area contributed by atoms with E-state index in [2.05, 4.69) is 9.97 Å². The second-order valence-electron chi connectivity index (χ2n) is 9.68. The summed E-state index contributed by atoms with van der Waals surface area (Å²) in [7, 11) is 0. The Bertz CT molecular complexity index is 1940. The molecule has 4 N–H and O–H groups in total. The minimum atomic E-state index is -1.24. The average Bonchev–Trinajstić information content (AvgIpc) is 3.21. The third kappa shape index (κ3) is 8.49. The second kappa shape index (κ2) is 14.4. The number of aromatic carboxylic acids is 2. The molecule has 0 aliphatic rings. The smallest absolute Gasteiger partial charge is 0.352 e. The number of allylic oxidation sites excluding steroid dienone is 1. The van der Waals surface area contributed by atoms with Crippen molar-refractivity contribution in [1.82, 2.24) is 9.97 Å². The fourth-order valence-corrected chi connectivity index (χ4v) is 3.72. The number of carbonyl (C=O) groups is 2. The molecule has 0 aliphatic carbocycles. The molecule has 0 unspecified atom stereocenters. The molecule has 0 amide bonds. The molecule has 0 bridgehead atoms. The van der Waals surface area contributed by atoms with E-state index in [-0.39, 0.29) is 62.2 Å². The first kappa shape index (κ1) is 32.0. The number of carboxylic acids is 2. The molecule has 0 spiro atoms. The Morgan fingerprint density at radius 2 is 1.21 bits per heavy atom. The lowest BCUT2D eigenvalue weighted by Crippen LogP contribution is -2.09. The number of hydrogen-bond donors (Lipinski definition) is 4. The molecule has 4 rings (SSSR count).